The molecule has 0 amide bonds. The van der Waals surface area contributed by atoms with Crippen molar-refractivity contribution in [2.75, 3.05) is 0 Å². The first-order valence-corrected chi connectivity index (χ1v) is 24.8. The third kappa shape index (κ3) is 14.3. The van der Waals surface area contributed by atoms with Crippen molar-refractivity contribution in [2.24, 2.45) is 47.3 Å². The van der Waals surface area contributed by atoms with Gasteiger partial charge in [-0.25, -0.2) is 9.97 Å². The molecule has 60 heavy (non-hydrogen) atoms. The lowest BCUT2D eigenvalue weighted by molar-refractivity contribution is 0.456. The zero-order valence-electron chi connectivity index (χ0n) is 40.4. The van der Waals surface area contributed by atoms with Crippen molar-refractivity contribution >= 4 is 46.4 Å². The van der Waals surface area contributed by atoms with Gasteiger partial charge < -0.3 is 9.97 Å². The van der Waals surface area contributed by atoms with Gasteiger partial charge in [0, 0.05) is 44.3 Å². The highest BCUT2D eigenvalue weighted by atomic mass is 14.8. The third-order valence-corrected chi connectivity index (χ3v) is 13.3. The van der Waals surface area contributed by atoms with Gasteiger partial charge in [-0.3, -0.25) is 0 Å². The van der Waals surface area contributed by atoms with E-state index < -0.39 is 0 Å². The van der Waals surface area contributed by atoms with Gasteiger partial charge in [0.1, 0.15) is 0 Å². The highest BCUT2D eigenvalue weighted by Crippen LogP contribution is 2.33. The van der Waals surface area contributed by atoms with Gasteiger partial charge in [-0.05, 0) is 122 Å². The minimum Gasteiger partial charge on any atom is -0.355 e. The number of fused-ring (bicyclic) bond motifs is 8. The van der Waals surface area contributed by atoms with Crippen molar-refractivity contribution in [2.45, 2.75) is 186 Å². The SMILES string of the molecule is CC(C)CCC[C@H](C)Cc1c2nc(c(C[C@@H](C)CCCC(C)C)c3ccc([nH]3)c(C[C@@H](C)CCCC(C)C)c3nc(c(C[C@@H](C)CCCC(C)C)c4ccc1[nH]4)C=C3)C=C2. The van der Waals surface area contributed by atoms with Crippen LogP contribution in [0.15, 0.2) is 24.3 Å². The van der Waals surface area contributed by atoms with Crippen molar-refractivity contribution in [3.8, 4) is 0 Å². The molecule has 2 aliphatic rings. The van der Waals surface area contributed by atoms with E-state index in [1.54, 1.807) is 0 Å². The molecule has 4 atom stereocenters. The second-order valence-electron chi connectivity index (χ2n) is 21.5. The maximum atomic E-state index is 5.60. The quantitative estimate of drug-likeness (QED) is 0.0652. The normalized spacial score (nSPS) is 14.9. The summed E-state index contributed by atoms with van der Waals surface area (Å²) in [6.45, 7) is 28.6. The zero-order valence-corrected chi connectivity index (χ0v) is 40.4. The molecule has 5 heterocycles. The fraction of sp³-hybridized carbons (Fsp3) is 0.643. The molecule has 3 aromatic heterocycles. The summed E-state index contributed by atoms with van der Waals surface area (Å²) < 4.78 is 0. The van der Waals surface area contributed by atoms with Gasteiger partial charge in [-0.15, -0.1) is 0 Å². The van der Waals surface area contributed by atoms with Crippen molar-refractivity contribution in [3.05, 3.63) is 69.3 Å². The molecule has 0 aliphatic carbocycles. The van der Waals surface area contributed by atoms with Crippen LogP contribution in [-0.2, 0) is 25.7 Å². The van der Waals surface area contributed by atoms with Crippen molar-refractivity contribution < 1.29 is 0 Å². The van der Waals surface area contributed by atoms with Crippen molar-refractivity contribution in [1.29, 1.82) is 0 Å². The van der Waals surface area contributed by atoms with Crippen LogP contribution >= 0.6 is 0 Å². The fourth-order valence-electron chi connectivity index (χ4n) is 9.60. The summed E-state index contributed by atoms with van der Waals surface area (Å²) in [5.74, 6) is 5.24. The minimum atomic E-state index is 0.567. The van der Waals surface area contributed by atoms with Gasteiger partial charge in [0.05, 0.1) is 22.8 Å². The summed E-state index contributed by atoms with van der Waals surface area (Å²) in [6, 6.07) is 9.39. The van der Waals surface area contributed by atoms with Gasteiger partial charge in [-0.2, -0.15) is 0 Å². The first-order valence-electron chi connectivity index (χ1n) is 24.8. The Kier molecular flexibility index (Phi) is 18.4. The Morgan fingerprint density at radius 1 is 0.333 bits per heavy atom. The van der Waals surface area contributed by atoms with E-state index in [1.165, 1.54) is 121 Å². The van der Waals surface area contributed by atoms with E-state index in [2.05, 4.69) is 142 Å². The van der Waals surface area contributed by atoms with Crippen LogP contribution in [-0.4, -0.2) is 19.9 Å². The summed E-state index contributed by atoms with van der Waals surface area (Å²) in [6.07, 6.45) is 28.5. The van der Waals surface area contributed by atoms with Crippen LogP contribution < -0.4 is 0 Å². The lowest BCUT2D eigenvalue weighted by atomic mass is 9.93. The highest BCUT2D eigenvalue weighted by Gasteiger charge is 2.20. The predicted octanol–water partition coefficient (Wildman–Crippen LogP) is 16.7. The number of rotatable bonds is 24. The van der Waals surface area contributed by atoms with Crippen molar-refractivity contribution in [3.63, 3.8) is 0 Å². The Morgan fingerprint density at radius 2 is 0.550 bits per heavy atom. The Balaban J connectivity index is 1.74. The molecule has 8 bridgehead atoms. The number of aromatic amines is 2. The van der Waals surface area contributed by atoms with Gasteiger partial charge >= 0.3 is 0 Å². The average molecular weight is 815 g/mol. The van der Waals surface area contributed by atoms with Gasteiger partial charge in [-0.1, -0.05) is 160 Å². The summed E-state index contributed by atoms with van der Waals surface area (Å²) in [5, 5.41) is 0. The van der Waals surface area contributed by atoms with E-state index in [0.717, 1.165) is 72.1 Å². The van der Waals surface area contributed by atoms with Crippen LogP contribution in [0, 0.1) is 47.3 Å². The molecule has 330 valence electrons. The molecule has 5 rings (SSSR count). The lowest BCUT2D eigenvalue weighted by Gasteiger charge is -2.15. The van der Waals surface area contributed by atoms with Gasteiger partial charge in [0.2, 0.25) is 0 Å². The Bertz CT molecular complexity index is 1740. The topological polar surface area (TPSA) is 57.4 Å². The Morgan fingerprint density at radius 3 is 0.750 bits per heavy atom. The molecule has 4 heteroatoms. The van der Waals surface area contributed by atoms with E-state index >= 15 is 0 Å². The van der Waals surface area contributed by atoms with E-state index in [9.17, 15) is 0 Å². The Hall–Kier alpha value is -3.40. The van der Waals surface area contributed by atoms with Crippen LogP contribution in [0.3, 0.4) is 0 Å². The smallest absolute Gasteiger partial charge is 0.0690 e. The molecular formula is C56H86N4. The van der Waals surface area contributed by atoms with Crippen LogP contribution in [0.25, 0.3) is 46.4 Å². The van der Waals surface area contributed by atoms with Crippen LogP contribution in [0.4, 0.5) is 0 Å². The molecule has 0 spiro atoms. The Labute approximate surface area is 367 Å². The highest BCUT2D eigenvalue weighted by molar-refractivity contribution is 5.83. The van der Waals surface area contributed by atoms with E-state index in [4.69, 9.17) is 9.97 Å². The fourth-order valence-corrected chi connectivity index (χ4v) is 9.60. The molecule has 4 nitrogen and oxygen atoms in total. The number of aromatic nitrogens is 4. The van der Waals surface area contributed by atoms with E-state index in [0.29, 0.717) is 23.7 Å². The lowest BCUT2D eigenvalue weighted by Crippen LogP contribution is -2.05. The monoisotopic (exact) mass is 815 g/mol. The molecular weight excluding hydrogens is 729 g/mol. The first-order chi connectivity index (χ1) is 28.7. The minimum absolute atomic E-state index is 0.567. The van der Waals surface area contributed by atoms with Gasteiger partial charge in [0.25, 0.3) is 0 Å². The number of H-pyrrole nitrogens is 2. The molecule has 3 aromatic rings. The summed E-state index contributed by atoms with van der Waals surface area (Å²) >= 11 is 0. The molecule has 2 aliphatic heterocycles. The predicted molar refractivity (Wildman–Crippen MR) is 265 cm³/mol. The third-order valence-electron chi connectivity index (χ3n) is 13.3. The number of hydrogen-bond donors (Lipinski definition) is 2. The molecule has 0 saturated carbocycles. The van der Waals surface area contributed by atoms with Crippen molar-refractivity contribution in [1.82, 2.24) is 19.9 Å². The largest absolute Gasteiger partial charge is 0.355 e. The van der Waals surface area contributed by atoms with E-state index in [1.807, 2.05) is 0 Å². The molecule has 0 aromatic carbocycles. The molecule has 2 N–H and O–H groups in total. The summed E-state index contributed by atoms with van der Waals surface area (Å²) in [7, 11) is 0. The maximum Gasteiger partial charge on any atom is 0.0690 e. The number of nitrogens with one attached hydrogen (secondary N) is 2. The molecule has 0 unspecified atom stereocenters. The van der Waals surface area contributed by atoms with Gasteiger partial charge in [0.15, 0.2) is 0 Å². The van der Waals surface area contributed by atoms with Crippen LogP contribution in [0.1, 0.15) is 205 Å². The number of hydrogen-bond acceptors (Lipinski definition) is 2. The second kappa shape index (κ2) is 23.2. The maximum absolute atomic E-state index is 5.60. The second-order valence-corrected chi connectivity index (χ2v) is 21.5. The summed E-state index contributed by atoms with van der Waals surface area (Å²) in [4.78, 5) is 19.3. The standard InChI is InChI=1S/C56H86N4/c1-37(2)17-13-21-41(9)33-45-49-25-27-51(57-49)46(34-42(10)22-14-18-38(3)4)53-29-31-55(59-53)48(36-44(12)24-16-20-40(7)8)56-32-30-54(60-56)47(52-28-26-50(45)58-52)35-43(11)23-15-19-39(5)6/h25-32,37-44,57,60H,13-24,33-36H2,1-12H3/t41-,42-,43-,44-/m0/s1. The van der Waals surface area contributed by atoms with Crippen LogP contribution in [0.2, 0.25) is 0 Å². The molecule has 0 fully saturated rings. The zero-order chi connectivity index (χ0) is 43.3. The molecule has 0 saturated heterocycles. The molecule has 0 radical (unpaired) electrons. The van der Waals surface area contributed by atoms with E-state index in [-0.39, 0.29) is 0 Å². The van der Waals surface area contributed by atoms with Crippen LogP contribution in [0.5, 0.6) is 0 Å². The number of nitrogens with zero attached hydrogens (tertiary/aromatic N) is 2. The first kappa shape index (κ1) is 47.6. The average Bonchev–Trinajstić information content (AvgIpc) is 4.01. The summed E-state index contributed by atoms with van der Waals surface area (Å²) in [5.41, 5.74) is 14.7.